The van der Waals surface area contributed by atoms with Gasteiger partial charge in [-0.05, 0) is 19.1 Å². The minimum Gasteiger partial charge on any atom is -0.496 e. The third kappa shape index (κ3) is 2.03. The molecule has 0 amide bonds. The summed E-state index contributed by atoms with van der Waals surface area (Å²) in [5, 5.41) is 0. The molecule has 0 fully saturated rings. The Morgan fingerprint density at radius 1 is 1.24 bits per heavy atom. The van der Waals surface area contributed by atoms with Crippen LogP contribution in [0.25, 0.3) is 22.6 Å². The molecule has 0 aliphatic carbocycles. The van der Waals surface area contributed by atoms with Crippen molar-refractivity contribution in [2.24, 2.45) is 0 Å². The molecule has 2 aromatic heterocycles. The standard InChI is InChI=1S/C14H14N4O3/c1-3-18-12-10(13(19)17-14(18)20)15-11(16-12)8-6-4-5-7-9(8)21-2/h4-7H,3H2,1-2H3,(H,15,16)(H,17,19,20). The summed E-state index contributed by atoms with van der Waals surface area (Å²) in [6.45, 7) is 2.24. The number of hydrogen-bond donors (Lipinski definition) is 2. The van der Waals surface area contributed by atoms with Gasteiger partial charge in [0.15, 0.2) is 5.65 Å². The molecule has 3 aromatic rings. The normalized spacial score (nSPS) is 11.0. The molecule has 0 unspecified atom stereocenters. The molecule has 1 aromatic carbocycles. The van der Waals surface area contributed by atoms with Crippen molar-refractivity contribution in [3.63, 3.8) is 0 Å². The lowest BCUT2D eigenvalue weighted by Crippen LogP contribution is -2.29. The van der Waals surface area contributed by atoms with Crippen LogP contribution >= 0.6 is 0 Å². The molecule has 108 valence electrons. The molecular formula is C14H14N4O3. The van der Waals surface area contributed by atoms with Crippen molar-refractivity contribution in [1.82, 2.24) is 19.5 Å². The average Bonchev–Trinajstić information content (AvgIpc) is 2.93. The number of imidazole rings is 1. The van der Waals surface area contributed by atoms with Gasteiger partial charge in [-0.1, -0.05) is 12.1 Å². The third-order valence-corrected chi connectivity index (χ3v) is 3.31. The van der Waals surface area contributed by atoms with E-state index in [4.69, 9.17) is 4.74 Å². The second-order valence-electron chi connectivity index (χ2n) is 4.49. The van der Waals surface area contributed by atoms with Crippen LogP contribution in [0.2, 0.25) is 0 Å². The zero-order valence-electron chi connectivity index (χ0n) is 11.6. The Bertz CT molecular complexity index is 920. The molecule has 7 heteroatoms. The molecule has 0 radical (unpaired) electrons. The highest BCUT2D eigenvalue weighted by Gasteiger charge is 2.15. The minimum absolute atomic E-state index is 0.275. The Hall–Kier alpha value is -2.83. The van der Waals surface area contributed by atoms with Crippen molar-refractivity contribution < 1.29 is 4.74 Å². The molecule has 0 bridgehead atoms. The van der Waals surface area contributed by atoms with E-state index in [2.05, 4.69) is 15.0 Å². The Morgan fingerprint density at radius 2 is 2.00 bits per heavy atom. The van der Waals surface area contributed by atoms with Gasteiger partial charge >= 0.3 is 5.69 Å². The fraction of sp³-hybridized carbons (Fsp3) is 0.214. The highest BCUT2D eigenvalue weighted by molar-refractivity contribution is 5.77. The van der Waals surface area contributed by atoms with E-state index in [-0.39, 0.29) is 5.52 Å². The number of H-pyrrole nitrogens is 2. The summed E-state index contributed by atoms with van der Waals surface area (Å²) in [4.78, 5) is 33.3. The van der Waals surface area contributed by atoms with E-state index in [1.807, 2.05) is 25.1 Å². The Morgan fingerprint density at radius 3 is 2.71 bits per heavy atom. The SMILES string of the molecule is CCn1c(=O)[nH]c(=O)c2[nH]c(-c3ccccc3OC)nc21. The van der Waals surface area contributed by atoms with Crippen LogP contribution in [0, 0.1) is 0 Å². The van der Waals surface area contributed by atoms with Gasteiger partial charge in [-0.2, -0.15) is 0 Å². The number of aromatic amines is 2. The number of benzene rings is 1. The maximum atomic E-state index is 11.9. The van der Waals surface area contributed by atoms with Gasteiger partial charge in [0.1, 0.15) is 17.1 Å². The number of rotatable bonds is 3. The third-order valence-electron chi connectivity index (χ3n) is 3.31. The number of hydrogen-bond acceptors (Lipinski definition) is 4. The molecule has 0 saturated heterocycles. The van der Waals surface area contributed by atoms with Crippen molar-refractivity contribution >= 4 is 11.2 Å². The van der Waals surface area contributed by atoms with Crippen molar-refractivity contribution in [3.05, 3.63) is 45.1 Å². The van der Waals surface area contributed by atoms with Crippen molar-refractivity contribution in [2.75, 3.05) is 7.11 Å². The fourth-order valence-corrected chi connectivity index (χ4v) is 2.30. The minimum atomic E-state index is -0.478. The first kappa shape index (κ1) is 13.2. The number of aryl methyl sites for hydroxylation is 1. The fourth-order valence-electron chi connectivity index (χ4n) is 2.30. The van der Waals surface area contributed by atoms with E-state index in [0.29, 0.717) is 23.8 Å². The second-order valence-corrected chi connectivity index (χ2v) is 4.49. The number of methoxy groups -OCH3 is 1. The Labute approximate surface area is 119 Å². The Kier molecular flexibility index (Phi) is 3.09. The number of aromatic nitrogens is 4. The molecule has 2 heterocycles. The summed E-state index contributed by atoms with van der Waals surface area (Å²) in [5.74, 6) is 1.12. The Balaban J connectivity index is 2.34. The lowest BCUT2D eigenvalue weighted by molar-refractivity contribution is 0.416. The lowest BCUT2D eigenvalue weighted by Gasteiger charge is -2.04. The highest BCUT2D eigenvalue weighted by atomic mass is 16.5. The van der Waals surface area contributed by atoms with Gasteiger partial charge in [-0.3, -0.25) is 14.3 Å². The lowest BCUT2D eigenvalue weighted by atomic mass is 10.2. The number of nitrogens with one attached hydrogen (secondary N) is 2. The summed E-state index contributed by atoms with van der Waals surface area (Å²) in [6.07, 6.45) is 0. The average molecular weight is 286 g/mol. The molecule has 0 aliphatic heterocycles. The van der Waals surface area contributed by atoms with Crippen LogP contribution in [0.1, 0.15) is 6.92 Å². The smallest absolute Gasteiger partial charge is 0.330 e. The molecule has 21 heavy (non-hydrogen) atoms. The zero-order chi connectivity index (χ0) is 15.0. The van der Waals surface area contributed by atoms with Gasteiger partial charge < -0.3 is 9.72 Å². The van der Waals surface area contributed by atoms with Crippen molar-refractivity contribution in [3.8, 4) is 17.1 Å². The number of fused-ring (bicyclic) bond motifs is 1. The molecule has 0 aliphatic rings. The van der Waals surface area contributed by atoms with Crippen LogP contribution in [-0.2, 0) is 6.54 Å². The first-order chi connectivity index (χ1) is 10.2. The van der Waals surface area contributed by atoms with E-state index < -0.39 is 11.2 Å². The van der Waals surface area contributed by atoms with Crippen LogP contribution in [0.5, 0.6) is 5.75 Å². The van der Waals surface area contributed by atoms with Crippen LogP contribution in [0.4, 0.5) is 0 Å². The maximum Gasteiger partial charge on any atom is 0.330 e. The van der Waals surface area contributed by atoms with Gasteiger partial charge in [-0.15, -0.1) is 0 Å². The molecule has 2 N–H and O–H groups in total. The molecule has 3 rings (SSSR count). The van der Waals surface area contributed by atoms with Gasteiger partial charge in [-0.25, -0.2) is 9.78 Å². The van der Waals surface area contributed by atoms with E-state index in [9.17, 15) is 9.59 Å². The van der Waals surface area contributed by atoms with Gasteiger partial charge in [0, 0.05) is 6.54 Å². The van der Waals surface area contributed by atoms with E-state index in [1.54, 1.807) is 13.2 Å². The summed E-state index contributed by atoms with van der Waals surface area (Å²) in [6, 6.07) is 7.33. The maximum absolute atomic E-state index is 11.9. The first-order valence-electron chi connectivity index (χ1n) is 6.52. The number of nitrogens with zero attached hydrogens (tertiary/aromatic N) is 2. The zero-order valence-corrected chi connectivity index (χ0v) is 11.6. The molecule has 0 atom stereocenters. The van der Waals surface area contributed by atoms with Crippen molar-refractivity contribution in [2.45, 2.75) is 13.5 Å². The predicted molar refractivity (Wildman–Crippen MR) is 78.6 cm³/mol. The van der Waals surface area contributed by atoms with Gasteiger partial charge in [0.2, 0.25) is 0 Å². The second kappa shape index (κ2) is 4.93. The highest BCUT2D eigenvalue weighted by Crippen LogP contribution is 2.27. The molecular weight excluding hydrogens is 272 g/mol. The van der Waals surface area contributed by atoms with Crippen molar-refractivity contribution in [1.29, 1.82) is 0 Å². The summed E-state index contributed by atoms with van der Waals surface area (Å²) in [5.41, 5.74) is 0.400. The summed E-state index contributed by atoms with van der Waals surface area (Å²) in [7, 11) is 1.57. The molecule has 7 nitrogen and oxygen atoms in total. The van der Waals surface area contributed by atoms with E-state index >= 15 is 0 Å². The largest absolute Gasteiger partial charge is 0.496 e. The molecule has 0 spiro atoms. The van der Waals surface area contributed by atoms with Crippen LogP contribution in [0.3, 0.4) is 0 Å². The number of para-hydroxylation sites is 1. The monoisotopic (exact) mass is 286 g/mol. The van der Waals surface area contributed by atoms with Gasteiger partial charge in [0.25, 0.3) is 5.56 Å². The first-order valence-corrected chi connectivity index (χ1v) is 6.52. The van der Waals surface area contributed by atoms with Crippen LogP contribution in [0.15, 0.2) is 33.9 Å². The van der Waals surface area contributed by atoms with E-state index in [1.165, 1.54) is 4.57 Å². The number of ether oxygens (including phenoxy) is 1. The molecule has 0 saturated carbocycles. The van der Waals surface area contributed by atoms with E-state index in [0.717, 1.165) is 5.56 Å². The van der Waals surface area contributed by atoms with Crippen LogP contribution in [-0.4, -0.2) is 26.6 Å². The van der Waals surface area contributed by atoms with Gasteiger partial charge in [0.05, 0.1) is 12.7 Å². The van der Waals surface area contributed by atoms with Crippen LogP contribution < -0.4 is 16.0 Å². The topological polar surface area (TPSA) is 92.8 Å². The summed E-state index contributed by atoms with van der Waals surface area (Å²) < 4.78 is 6.70. The predicted octanol–water partition coefficient (Wildman–Crippen LogP) is 1.11. The quantitative estimate of drug-likeness (QED) is 0.754. The summed E-state index contributed by atoms with van der Waals surface area (Å²) >= 11 is 0.